The van der Waals surface area contributed by atoms with Crippen molar-refractivity contribution in [3.63, 3.8) is 0 Å². The first-order valence-corrected chi connectivity index (χ1v) is 5.65. The molecule has 0 aliphatic heterocycles. The highest BCUT2D eigenvalue weighted by atomic mass is 19.1. The van der Waals surface area contributed by atoms with Crippen LogP contribution >= 0.6 is 0 Å². The first-order chi connectivity index (χ1) is 9.63. The van der Waals surface area contributed by atoms with E-state index in [1.165, 1.54) is 44.8 Å². The van der Waals surface area contributed by atoms with E-state index in [0.29, 0.717) is 17.3 Å². The molecule has 0 unspecified atom stereocenters. The molecule has 104 valence electrons. The van der Waals surface area contributed by atoms with Crippen molar-refractivity contribution < 1.29 is 18.7 Å². The zero-order valence-corrected chi connectivity index (χ0v) is 10.9. The monoisotopic (exact) mass is 277 g/mol. The summed E-state index contributed by atoms with van der Waals surface area (Å²) in [7, 11) is 2.70. The molecule has 0 aliphatic carbocycles. The molecule has 0 bridgehead atoms. The van der Waals surface area contributed by atoms with Gasteiger partial charge in [0.25, 0.3) is 0 Å². The maximum absolute atomic E-state index is 13.1. The van der Waals surface area contributed by atoms with E-state index in [4.69, 9.17) is 4.74 Å². The minimum Gasteiger partial charge on any atom is -0.494 e. The number of halogens is 1. The third-order valence-electron chi connectivity index (χ3n) is 2.47. The Hall–Kier alpha value is -2.70. The Balaban J connectivity index is 2.20. The van der Waals surface area contributed by atoms with E-state index < -0.39 is 11.8 Å². The van der Waals surface area contributed by atoms with Gasteiger partial charge in [-0.15, -0.1) is 0 Å². The van der Waals surface area contributed by atoms with Crippen LogP contribution < -0.4 is 10.1 Å². The molecular formula is C13H12FN3O3. The van der Waals surface area contributed by atoms with Crippen molar-refractivity contribution in [3.05, 3.63) is 42.1 Å². The van der Waals surface area contributed by atoms with Gasteiger partial charge in [0.15, 0.2) is 5.69 Å². The van der Waals surface area contributed by atoms with Crippen LogP contribution in [0.2, 0.25) is 0 Å². The quantitative estimate of drug-likeness (QED) is 0.863. The van der Waals surface area contributed by atoms with E-state index in [1.807, 2.05) is 0 Å². The molecule has 0 fully saturated rings. The fraction of sp³-hybridized carbons (Fsp3) is 0.154. The van der Waals surface area contributed by atoms with Crippen molar-refractivity contribution in [1.82, 2.24) is 9.97 Å². The number of esters is 1. The van der Waals surface area contributed by atoms with Gasteiger partial charge in [-0.2, -0.15) is 0 Å². The van der Waals surface area contributed by atoms with E-state index in [1.54, 1.807) is 0 Å². The van der Waals surface area contributed by atoms with Crippen LogP contribution in [0.25, 0.3) is 0 Å². The molecule has 2 rings (SSSR count). The van der Waals surface area contributed by atoms with Crippen molar-refractivity contribution in [2.45, 2.75) is 0 Å². The molecule has 1 N–H and O–H groups in total. The van der Waals surface area contributed by atoms with Gasteiger partial charge >= 0.3 is 5.97 Å². The van der Waals surface area contributed by atoms with Crippen molar-refractivity contribution in [2.24, 2.45) is 0 Å². The van der Waals surface area contributed by atoms with Crippen molar-refractivity contribution in [3.8, 4) is 5.75 Å². The molecule has 0 radical (unpaired) electrons. The number of hydrogen-bond acceptors (Lipinski definition) is 6. The number of hydrogen-bond donors (Lipinski definition) is 1. The van der Waals surface area contributed by atoms with Crippen molar-refractivity contribution in [1.29, 1.82) is 0 Å². The molecule has 1 heterocycles. The molecule has 2 aromatic rings. The van der Waals surface area contributed by atoms with Gasteiger partial charge in [-0.3, -0.25) is 0 Å². The molecule has 0 spiro atoms. The van der Waals surface area contributed by atoms with E-state index in [-0.39, 0.29) is 5.69 Å². The SMILES string of the molecule is COC(=O)c1cnc(Nc2ccc(F)cc2OC)cn1. The highest BCUT2D eigenvalue weighted by Gasteiger charge is 2.09. The molecule has 20 heavy (non-hydrogen) atoms. The summed E-state index contributed by atoms with van der Waals surface area (Å²) in [5.74, 6) is -0.241. The predicted octanol–water partition coefficient (Wildman–Crippen LogP) is 2.15. The van der Waals surface area contributed by atoms with Gasteiger partial charge in [0.2, 0.25) is 0 Å². The molecule has 0 atom stereocenters. The molecule has 0 saturated heterocycles. The molecule has 1 aromatic heterocycles. The fourth-order valence-corrected chi connectivity index (χ4v) is 1.51. The number of rotatable bonds is 4. The van der Waals surface area contributed by atoms with Crippen LogP contribution in [0.15, 0.2) is 30.6 Å². The maximum Gasteiger partial charge on any atom is 0.358 e. The molecular weight excluding hydrogens is 265 g/mol. The Bertz CT molecular complexity index is 617. The lowest BCUT2D eigenvalue weighted by atomic mass is 10.3. The normalized spacial score (nSPS) is 9.95. The lowest BCUT2D eigenvalue weighted by Gasteiger charge is -2.10. The Morgan fingerprint density at radius 3 is 2.65 bits per heavy atom. The first kappa shape index (κ1) is 13.7. The van der Waals surface area contributed by atoms with Gasteiger partial charge in [-0.05, 0) is 12.1 Å². The Labute approximate surface area is 114 Å². The molecule has 6 nitrogen and oxygen atoms in total. The number of nitrogens with one attached hydrogen (secondary N) is 1. The number of carbonyl (C=O) groups excluding carboxylic acids is 1. The lowest BCUT2D eigenvalue weighted by Crippen LogP contribution is -2.06. The number of nitrogens with zero attached hydrogens (tertiary/aromatic N) is 2. The largest absolute Gasteiger partial charge is 0.494 e. The average Bonchev–Trinajstić information content (AvgIpc) is 2.49. The van der Waals surface area contributed by atoms with E-state index >= 15 is 0 Å². The molecule has 0 saturated carbocycles. The van der Waals surface area contributed by atoms with Crippen LogP contribution in [0.1, 0.15) is 10.5 Å². The molecule has 1 aromatic carbocycles. The lowest BCUT2D eigenvalue weighted by molar-refractivity contribution is 0.0593. The molecule has 0 amide bonds. The second kappa shape index (κ2) is 5.96. The number of methoxy groups -OCH3 is 2. The number of carbonyl (C=O) groups is 1. The minimum atomic E-state index is -0.566. The maximum atomic E-state index is 13.1. The van der Waals surface area contributed by atoms with E-state index in [9.17, 15) is 9.18 Å². The summed E-state index contributed by atoms with van der Waals surface area (Å²) < 4.78 is 22.6. The summed E-state index contributed by atoms with van der Waals surface area (Å²) in [6.45, 7) is 0. The summed E-state index contributed by atoms with van der Waals surface area (Å²) in [6.07, 6.45) is 2.65. The number of anilines is 2. The summed E-state index contributed by atoms with van der Waals surface area (Å²) in [4.78, 5) is 19.1. The van der Waals surface area contributed by atoms with Crippen LogP contribution in [0.5, 0.6) is 5.75 Å². The Morgan fingerprint density at radius 2 is 2.05 bits per heavy atom. The topological polar surface area (TPSA) is 73.3 Å². The van der Waals surface area contributed by atoms with Gasteiger partial charge in [0.1, 0.15) is 17.4 Å². The summed E-state index contributed by atoms with van der Waals surface area (Å²) in [5.41, 5.74) is 0.637. The van der Waals surface area contributed by atoms with Gasteiger partial charge in [-0.25, -0.2) is 19.2 Å². The van der Waals surface area contributed by atoms with E-state index in [0.717, 1.165) is 0 Å². The van der Waals surface area contributed by atoms with Gasteiger partial charge in [0, 0.05) is 6.07 Å². The fourth-order valence-electron chi connectivity index (χ4n) is 1.51. The van der Waals surface area contributed by atoms with Crippen LogP contribution in [0.3, 0.4) is 0 Å². The Kier molecular flexibility index (Phi) is 4.09. The second-order valence-corrected chi connectivity index (χ2v) is 3.75. The number of aromatic nitrogens is 2. The second-order valence-electron chi connectivity index (χ2n) is 3.75. The third-order valence-corrected chi connectivity index (χ3v) is 2.47. The predicted molar refractivity (Wildman–Crippen MR) is 69.6 cm³/mol. The highest BCUT2D eigenvalue weighted by Crippen LogP contribution is 2.27. The summed E-state index contributed by atoms with van der Waals surface area (Å²) in [6, 6.07) is 4.06. The molecule has 0 aliphatic rings. The van der Waals surface area contributed by atoms with Crippen LogP contribution in [0, 0.1) is 5.82 Å². The minimum absolute atomic E-state index is 0.101. The standard InChI is InChI=1S/C13H12FN3O3/c1-19-11-5-8(14)3-4-9(11)17-12-7-15-10(6-16-12)13(18)20-2/h3-7H,1-2H3,(H,16,17). The third kappa shape index (κ3) is 3.00. The Morgan fingerprint density at radius 1 is 1.25 bits per heavy atom. The number of ether oxygens (including phenoxy) is 2. The summed E-state index contributed by atoms with van der Waals surface area (Å²) in [5, 5.41) is 2.92. The zero-order valence-electron chi connectivity index (χ0n) is 10.9. The summed E-state index contributed by atoms with van der Waals surface area (Å²) >= 11 is 0. The first-order valence-electron chi connectivity index (χ1n) is 5.65. The number of benzene rings is 1. The van der Waals surface area contributed by atoms with Gasteiger partial charge in [0.05, 0.1) is 32.3 Å². The van der Waals surface area contributed by atoms with Crippen LogP contribution in [-0.2, 0) is 4.74 Å². The average molecular weight is 277 g/mol. The van der Waals surface area contributed by atoms with E-state index in [2.05, 4.69) is 20.0 Å². The van der Waals surface area contributed by atoms with Crippen molar-refractivity contribution in [2.75, 3.05) is 19.5 Å². The highest BCUT2D eigenvalue weighted by molar-refractivity contribution is 5.86. The van der Waals surface area contributed by atoms with Crippen LogP contribution in [0.4, 0.5) is 15.9 Å². The van der Waals surface area contributed by atoms with Crippen molar-refractivity contribution >= 4 is 17.5 Å². The van der Waals surface area contributed by atoms with Gasteiger partial charge < -0.3 is 14.8 Å². The van der Waals surface area contributed by atoms with Crippen LogP contribution in [-0.4, -0.2) is 30.2 Å². The zero-order chi connectivity index (χ0) is 14.5. The van der Waals surface area contributed by atoms with Gasteiger partial charge in [-0.1, -0.05) is 0 Å². The molecule has 7 heteroatoms. The smallest absolute Gasteiger partial charge is 0.358 e.